The summed E-state index contributed by atoms with van der Waals surface area (Å²) < 4.78 is 32.3. The van der Waals surface area contributed by atoms with Gasteiger partial charge in [0.2, 0.25) is 0 Å². The van der Waals surface area contributed by atoms with Crippen LogP contribution in [0.4, 0.5) is 14.5 Å². The average molecular weight is 314 g/mol. The number of rotatable bonds is 2. The molecule has 0 heterocycles. The minimum absolute atomic E-state index is 0.0557. The summed E-state index contributed by atoms with van der Waals surface area (Å²) in [5, 5.41) is 0. The van der Waals surface area contributed by atoms with Crippen LogP contribution in [0, 0.1) is 18.6 Å². The zero-order valence-corrected chi connectivity index (χ0v) is 11.1. The van der Waals surface area contributed by atoms with Gasteiger partial charge in [-0.1, -0.05) is 6.07 Å². The minimum atomic E-state index is -0.500. The molecule has 0 unspecified atom stereocenters. The first-order valence-corrected chi connectivity index (χ1v) is 5.95. The third-order valence-corrected chi connectivity index (χ3v) is 2.97. The van der Waals surface area contributed by atoms with E-state index in [1.807, 2.05) is 6.92 Å². The van der Waals surface area contributed by atoms with Crippen molar-refractivity contribution in [3.8, 4) is 11.5 Å². The molecule has 0 radical (unpaired) electrons. The van der Waals surface area contributed by atoms with Gasteiger partial charge in [0, 0.05) is 12.1 Å². The molecule has 18 heavy (non-hydrogen) atoms. The molecule has 0 saturated heterocycles. The summed E-state index contributed by atoms with van der Waals surface area (Å²) in [5.74, 6) is -0.738. The summed E-state index contributed by atoms with van der Waals surface area (Å²) in [6.45, 7) is 1.82. The van der Waals surface area contributed by atoms with Gasteiger partial charge < -0.3 is 10.5 Å². The molecule has 2 aromatic rings. The van der Waals surface area contributed by atoms with Crippen LogP contribution >= 0.6 is 15.9 Å². The number of hydrogen-bond acceptors (Lipinski definition) is 2. The van der Waals surface area contributed by atoms with Crippen molar-refractivity contribution in [1.82, 2.24) is 0 Å². The molecule has 0 aromatic heterocycles. The van der Waals surface area contributed by atoms with Crippen LogP contribution in [0.1, 0.15) is 5.56 Å². The molecular formula is C13H10BrF2NO. The van der Waals surface area contributed by atoms with Crippen LogP contribution in [-0.2, 0) is 0 Å². The van der Waals surface area contributed by atoms with Crippen LogP contribution in [-0.4, -0.2) is 0 Å². The zero-order valence-electron chi connectivity index (χ0n) is 9.51. The van der Waals surface area contributed by atoms with E-state index in [-0.39, 0.29) is 21.7 Å². The number of halogens is 3. The maximum atomic E-state index is 13.5. The Morgan fingerprint density at radius 2 is 1.78 bits per heavy atom. The Kier molecular flexibility index (Phi) is 3.52. The predicted octanol–water partition coefficient (Wildman–Crippen LogP) is 4.41. The smallest absolute Gasteiger partial charge is 0.165 e. The van der Waals surface area contributed by atoms with E-state index < -0.39 is 11.6 Å². The molecule has 0 aliphatic heterocycles. The van der Waals surface area contributed by atoms with Crippen LogP contribution in [0.25, 0.3) is 0 Å². The van der Waals surface area contributed by atoms with Gasteiger partial charge in [0.05, 0.1) is 10.2 Å². The van der Waals surface area contributed by atoms with Crippen LogP contribution in [0.5, 0.6) is 11.5 Å². The lowest BCUT2D eigenvalue weighted by molar-refractivity contribution is 0.442. The second kappa shape index (κ2) is 4.94. The van der Waals surface area contributed by atoms with E-state index in [0.717, 1.165) is 11.6 Å². The molecule has 2 N–H and O–H groups in total. The molecule has 2 aromatic carbocycles. The Morgan fingerprint density at radius 3 is 2.50 bits per heavy atom. The number of nitrogens with two attached hydrogens (primary N) is 1. The summed E-state index contributed by atoms with van der Waals surface area (Å²) in [6.07, 6.45) is 0. The molecule has 94 valence electrons. The first-order chi connectivity index (χ1) is 8.47. The van der Waals surface area contributed by atoms with Crippen LogP contribution in [0.2, 0.25) is 0 Å². The highest BCUT2D eigenvalue weighted by Crippen LogP contribution is 2.33. The number of benzene rings is 2. The van der Waals surface area contributed by atoms with E-state index >= 15 is 0 Å². The van der Waals surface area contributed by atoms with Gasteiger partial charge in [0.25, 0.3) is 0 Å². The molecule has 2 rings (SSSR count). The van der Waals surface area contributed by atoms with Crippen molar-refractivity contribution in [2.75, 3.05) is 5.73 Å². The Labute approximate surface area is 112 Å². The third-order valence-electron chi connectivity index (χ3n) is 2.36. The highest BCUT2D eigenvalue weighted by molar-refractivity contribution is 9.10. The molecule has 0 amide bonds. The summed E-state index contributed by atoms with van der Waals surface area (Å²) in [6, 6.07) is 6.97. The second-order valence-electron chi connectivity index (χ2n) is 3.84. The summed E-state index contributed by atoms with van der Waals surface area (Å²) >= 11 is 3.02. The Hall–Kier alpha value is -1.62. The second-order valence-corrected chi connectivity index (χ2v) is 4.69. The van der Waals surface area contributed by atoms with Crippen LogP contribution in [0.15, 0.2) is 34.8 Å². The fraction of sp³-hybridized carbons (Fsp3) is 0.0769. The first-order valence-electron chi connectivity index (χ1n) is 5.16. The molecular weight excluding hydrogens is 304 g/mol. The van der Waals surface area contributed by atoms with E-state index in [0.29, 0.717) is 0 Å². The quantitative estimate of drug-likeness (QED) is 0.833. The van der Waals surface area contributed by atoms with Gasteiger partial charge in [-0.15, -0.1) is 0 Å². The molecule has 2 nitrogen and oxygen atoms in total. The molecule has 0 aliphatic rings. The van der Waals surface area contributed by atoms with Crippen LogP contribution < -0.4 is 10.5 Å². The van der Waals surface area contributed by atoms with Crippen LogP contribution in [0.3, 0.4) is 0 Å². The fourth-order valence-corrected chi connectivity index (χ4v) is 1.76. The molecule has 5 heteroatoms. The Bertz CT molecular complexity index is 602. The topological polar surface area (TPSA) is 35.2 Å². The SMILES string of the molecule is Cc1ccc(F)c(Oc2cc(Br)c(F)cc2N)c1. The van der Waals surface area contributed by atoms with Gasteiger partial charge in [-0.05, 0) is 40.5 Å². The largest absolute Gasteiger partial charge is 0.452 e. The number of ether oxygens (including phenoxy) is 1. The van der Waals surface area contributed by atoms with Crippen molar-refractivity contribution < 1.29 is 13.5 Å². The van der Waals surface area contributed by atoms with Gasteiger partial charge in [-0.25, -0.2) is 8.78 Å². The third kappa shape index (κ3) is 2.61. The van der Waals surface area contributed by atoms with Crippen molar-refractivity contribution in [2.24, 2.45) is 0 Å². The number of anilines is 1. The van der Waals surface area contributed by atoms with Crippen molar-refractivity contribution >= 4 is 21.6 Å². The maximum absolute atomic E-state index is 13.5. The van der Waals surface area contributed by atoms with Gasteiger partial charge in [-0.2, -0.15) is 0 Å². The van der Waals surface area contributed by atoms with E-state index in [1.165, 1.54) is 12.1 Å². The van der Waals surface area contributed by atoms with Crippen molar-refractivity contribution in [2.45, 2.75) is 6.92 Å². The van der Waals surface area contributed by atoms with E-state index in [1.54, 1.807) is 12.1 Å². The lowest BCUT2D eigenvalue weighted by Crippen LogP contribution is -1.96. The molecule has 0 atom stereocenters. The highest BCUT2D eigenvalue weighted by atomic mass is 79.9. The Morgan fingerprint density at radius 1 is 1.06 bits per heavy atom. The average Bonchev–Trinajstić information content (AvgIpc) is 2.30. The Balaban J connectivity index is 2.40. The van der Waals surface area contributed by atoms with E-state index in [9.17, 15) is 8.78 Å². The summed E-state index contributed by atoms with van der Waals surface area (Å²) in [7, 11) is 0. The lowest BCUT2D eigenvalue weighted by atomic mass is 10.2. The fourth-order valence-electron chi connectivity index (χ4n) is 1.44. The van der Waals surface area contributed by atoms with Crippen molar-refractivity contribution in [1.29, 1.82) is 0 Å². The maximum Gasteiger partial charge on any atom is 0.165 e. The summed E-state index contributed by atoms with van der Waals surface area (Å²) in [4.78, 5) is 0. The molecule has 0 saturated carbocycles. The van der Waals surface area contributed by atoms with Gasteiger partial charge in [0.15, 0.2) is 17.3 Å². The first kappa shape index (κ1) is 12.8. The van der Waals surface area contributed by atoms with Gasteiger partial charge >= 0.3 is 0 Å². The highest BCUT2D eigenvalue weighted by Gasteiger charge is 2.10. The van der Waals surface area contributed by atoms with Crippen molar-refractivity contribution in [3.05, 3.63) is 52.0 Å². The van der Waals surface area contributed by atoms with Gasteiger partial charge in [0.1, 0.15) is 5.82 Å². The summed E-state index contributed by atoms with van der Waals surface area (Å²) in [5.41, 5.74) is 6.58. The van der Waals surface area contributed by atoms with E-state index in [2.05, 4.69) is 15.9 Å². The number of aryl methyl sites for hydroxylation is 1. The number of nitrogen functional groups attached to an aromatic ring is 1. The predicted molar refractivity (Wildman–Crippen MR) is 69.7 cm³/mol. The lowest BCUT2D eigenvalue weighted by Gasteiger charge is -2.10. The standard InChI is InChI=1S/C13H10BrF2NO/c1-7-2-3-9(15)12(4-7)18-13-5-8(14)10(16)6-11(13)17/h2-6H,17H2,1H3. The van der Waals surface area contributed by atoms with Crippen molar-refractivity contribution in [3.63, 3.8) is 0 Å². The monoisotopic (exact) mass is 313 g/mol. The normalized spacial score (nSPS) is 10.4. The molecule has 0 aliphatic carbocycles. The molecule has 0 spiro atoms. The zero-order chi connectivity index (χ0) is 13.3. The molecule has 0 fully saturated rings. The minimum Gasteiger partial charge on any atom is -0.452 e. The van der Waals surface area contributed by atoms with E-state index in [4.69, 9.17) is 10.5 Å². The number of hydrogen-bond donors (Lipinski definition) is 1. The van der Waals surface area contributed by atoms with Gasteiger partial charge in [-0.3, -0.25) is 0 Å². The molecule has 0 bridgehead atoms.